The van der Waals surface area contributed by atoms with E-state index in [0.717, 1.165) is 37.1 Å². The van der Waals surface area contributed by atoms with Crippen molar-refractivity contribution >= 4 is 43.9 Å². The molecule has 0 radical (unpaired) electrons. The third kappa shape index (κ3) is 3.98. The van der Waals surface area contributed by atoms with Crippen LogP contribution in [0.5, 0.6) is 0 Å². The van der Waals surface area contributed by atoms with E-state index in [2.05, 4.69) is 15.5 Å². The topological polar surface area (TPSA) is 118 Å². The minimum absolute atomic E-state index is 0.0522. The summed E-state index contributed by atoms with van der Waals surface area (Å²) in [5, 5.41) is 22.7. The second-order valence-corrected chi connectivity index (χ2v) is 9.78. The molecule has 1 aliphatic heterocycles. The van der Waals surface area contributed by atoms with Crippen molar-refractivity contribution in [1.82, 2.24) is 14.5 Å². The van der Waals surface area contributed by atoms with E-state index in [-0.39, 0.29) is 10.6 Å². The van der Waals surface area contributed by atoms with E-state index in [1.54, 1.807) is 7.05 Å². The Hall–Kier alpha value is -1.76. The van der Waals surface area contributed by atoms with Gasteiger partial charge in [-0.15, -0.1) is 10.2 Å². The predicted molar refractivity (Wildman–Crippen MR) is 99.3 cm³/mol. The number of nitrogens with zero attached hydrogens (tertiary/aromatic N) is 4. The van der Waals surface area contributed by atoms with Crippen molar-refractivity contribution in [2.75, 3.05) is 25.5 Å². The number of piperidine rings is 1. The molecular formula is C14H17N5O4S3. The van der Waals surface area contributed by atoms with Gasteiger partial charge >= 0.3 is 0 Å². The van der Waals surface area contributed by atoms with E-state index in [1.165, 1.54) is 27.8 Å². The van der Waals surface area contributed by atoms with Crippen molar-refractivity contribution in [3.8, 4) is 0 Å². The van der Waals surface area contributed by atoms with Crippen LogP contribution in [-0.4, -0.2) is 48.0 Å². The number of aromatic nitrogens is 2. The molecule has 2 heterocycles. The Kier molecular flexibility index (Phi) is 5.75. The van der Waals surface area contributed by atoms with Crippen LogP contribution in [-0.2, 0) is 10.0 Å². The molecule has 1 saturated heterocycles. The lowest BCUT2D eigenvalue weighted by Crippen LogP contribution is -2.35. The van der Waals surface area contributed by atoms with E-state index in [0.29, 0.717) is 27.5 Å². The van der Waals surface area contributed by atoms with Crippen LogP contribution in [0.1, 0.15) is 19.3 Å². The first kappa shape index (κ1) is 19.0. The Labute approximate surface area is 159 Å². The third-order valence-electron chi connectivity index (χ3n) is 3.90. The van der Waals surface area contributed by atoms with Crippen LogP contribution in [0.25, 0.3) is 0 Å². The molecule has 1 aromatic heterocycles. The zero-order chi connectivity index (χ0) is 18.7. The van der Waals surface area contributed by atoms with Crippen molar-refractivity contribution in [2.24, 2.45) is 0 Å². The quantitative estimate of drug-likeness (QED) is 0.565. The molecule has 1 aliphatic rings. The molecule has 0 bridgehead atoms. The highest BCUT2D eigenvalue weighted by molar-refractivity contribution is 8.01. The molecule has 0 saturated carbocycles. The van der Waals surface area contributed by atoms with Gasteiger partial charge in [-0.05, 0) is 36.7 Å². The van der Waals surface area contributed by atoms with Gasteiger partial charge in [0, 0.05) is 26.2 Å². The average molecular weight is 416 g/mol. The molecule has 12 heteroatoms. The first-order valence-corrected chi connectivity index (χ1v) is 11.0. The molecule has 1 aromatic carbocycles. The van der Waals surface area contributed by atoms with Crippen molar-refractivity contribution in [3.63, 3.8) is 0 Å². The summed E-state index contributed by atoms with van der Waals surface area (Å²) in [5.74, 6) is 0. The number of nitro groups is 1. The van der Waals surface area contributed by atoms with Crippen LogP contribution in [0.15, 0.2) is 32.3 Å². The maximum Gasteiger partial charge on any atom is 0.284 e. The molecule has 0 amide bonds. The zero-order valence-corrected chi connectivity index (χ0v) is 16.4. The summed E-state index contributed by atoms with van der Waals surface area (Å²) in [6.07, 6.45) is 2.61. The SMILES string of the molecule is CNc1nnc(Sc2ccc(S(=O)(=O)N3CCCCC3)cc2[N+](=O)[O-])s1. The lowest BCUT2D eigenvalue weighted by molar-refractivity contribution is -0.388. The number of nitrogens with one attached hydrogen (secondary N) is 1. The van der Waals surface area contributed by atoms with E-state index >= 15 is 0 Å². The number of anilines is 1. The molecule has 0 aliphatic carbocycles. The van der Waals surface area contributed by atoms with Crippen LogP contribution < -0.4 is 5.32 Å². The zero-order valence-electron chi connectivity index (χ0n) is 13.9. The molecule has 1 N–H and O–H groups in total. The molecule has 0 spiro atoms. The van der Waals surface area contributed by atoms with Crippen LogP contribution in [0.3, 0.4) is 0 Å². The summed E-state index contributed by atoms with van der Waals surface area (Å²) in [6.45, 7) is 0.897. The second-order valence-electron chi connectivity index (χ2n) is 5.58. The number of hydrogen-bond donors (Lipinski definition) is 1. The van der Waals surface area contributed by atoms with Crippen molar-refractivity contribution in [1.29, 1.82) is 0 Å². The Morgan fingerprint density at radius 1 is 1.27 bits per heavy atom. The van der Waals surface area contributed by atoms with E-state index in [4.69, 9.17) is 0 Å². The Morgan fingerprint density at radius 2 is 2.00 bits per heavy atom. The fourth-order valence-electron chi connectivity index (χ4n) is 2.59. The molecule has 0 atom stereocenters. The second kappa shape index (κ2) is 7.86. The van der Waals surface area contributed by atoms with Gasteiger partial charge in [-0.25, -0.2) is 8.42 Å². The van der Waals surface area contributed by atoms with Crippen LogP contribution in [0.4, 0.5) is 10.8 Å². The lowest BCUT2D eigenvalue weighted by atomic mass is 10.2. The molecule has 1 fully saturated rings. The molecule has 0 unspecified atom stereocenters. The summed E-state index contributed by atoms with van der Waals surface area (Å²) in [7, 11) is -2.02. The molecule has 2 aromatic rings. The maximum absolute atomic E-state index is 12.7. The fraction of sp³-hybridized carbons (Fsp3) is 0.429. The molecule has 140 valence electrons. The standard InChI is InChI=1S/C14H17N5O4S3/c1-15-13-16-17-14(25-13)24-12-6-5-10(9-11(12)19(20)21)26(22,23)18-7-3-2-4-8-18/h5-6,9H,2-4,7-8H2,1H3,(H,15,16). The minimum atomic E-state index is -3.72. The van der Waals surface area contributed by atoms with Crippen molar-refractivity contribution < 1.29 is 13.3 Å². The van der Waals surface area contributed by atoms with Gasteiger partial charge in [0.05, 0.1) is 14.7 Å². The van der Waals surface area contributed by atoms with Gasteiger partial charge in [0.2, 0.25) is 15.2 Å². The number of sulfonamides is 1. The van der Waals surface area contributed by atoms with Crippen molar-refractivity contribution in [3.05, 3.63) is 28.3 Å². The summed E-state index contributed by atoms with van der Waals surface area (Å²) in [5.41, 5.74) is -0.255. The molecule has 26 heavy (non-hydrogen) atoms. The molecule has 9 nitrogen and oxygen atoms in total. The summed E-state index contributed by atoms with van der Waals surface area (Å²) in [6, 6.07) is 4.01. The monoisotopic (exact) mass is 415 g/mol. The highest BCUT2D eigenvalue weighted by Gasteiger charge is 2.29. The van der Waals surface area contributed by atoms with E-state index in [9.17, 15) is 18.5 Å². The van der Waals surface area contributed by atoms with Crippen LogP contribution >= 0.6 is 23.1 Å². The number of benzene rings is 1. The Morgan fingerprint density at radius 3 is 2.62 bits per heavy atom. The summed E-state index contributed by atoms with van der Waals surface area (Å²) >= 11 is 2.35. The fourth-order valence-corrected chi connectivity index (χ4v) is 5.87. The first-order chi connectivity index (χ1) is 12.4. The number of rotatable bonds is 6. The largest absolute Gasteiger partial charge is 0.363 e. The Balaban J connectivity index is 1.92. The molecular weight excluding hydrogens is 398 g/mol. The van der Waals surface area contributed by atoms with Crippen LogP contribution in [0.2, 0.25) is 0 Å². The van der Waals surface area contributed by atoms with Gasteiger partial charge in [0.25, 0.3) is 5.69 Å². The van der Waals surface area contributed by atoms with E-state index < -0.39 is 14.9 Å². The highest BCUT2D eigenvalue weighted by atomic mass is 32.2. The summed E-state index contributed by atoms with van der Waals surface area (Å²) in [4.78, 5) is 11.2. The first-order valence-electron chi connectivity index (χ1n) is 7.89. The number of hydrogen-bond acceptors (Lipinski definition) is 9. The van der Waals surface area contributed by atoms with Crippen molar-refractivity contribution in [2.45, 2.75) is 33.4 Å². The third-order valence-corrected chi connectivity index (χ3v) is 7.85. The minimum Gasteiger partial charge on any atom is -0.363 e. The van der Waals surface area contributed by atoms with Gasteiger partial charge in [0.15, 0.2) is 4.34 Å². The van der Waals surface area contributed by atoms with Crippen LogP contribution in [0, 0.1) is 10.1 Å². The van der Waals surface area contributed by atoms with Gasteiger partial charge in [-0.3, -0.25) is 10.1 Å². The average Bonchev–Trinajstić information content (AvgIpc) is 3.10. The maximum atomic E-state index is 12.7. The highest BCUT2D eigenvalue weighted by Crippen LogP contribution is 2.38. The van der Waals surface area contributed by atoms with Gasteiger partial charge in [-0.1, -0.05) is 17.8 Å². The smallest absolute Gasteiger partial charge is 0.284 e. The molecule has 3 rings (SSSR count). The lowest BCUT2D eigenvalue weighted by Gasteiger charge is -2.25. The normalized spacial score (nSPS) is 15.7. The number of nitro benzene ring substituents is 1. The summed E-state index contributed by atoms with van der Waals surface area (Å²) < 4.78 is 27.4. The Bertz CT molecular complexity index is 909. The van der Waals surface area contributed by atoms with Gasteiger partial charge in [-0.2, -0.15) is 4.31 Å². The predicted octanol–water partition coefficient (Wildman–Crippen LogP) is 2.81. The van der Waals surface area contributed by atoms with E-state index in [1.807, 2.05) is 0 Å². The van der Waals surface area contributed by atoms with Gasteiger partial charge in [0.1, 0.15) is 0 Å². The van der Waals surface area contributed by atoms with Gasteiger partial charge < -0.3 is 5.32 Å².